The highest BCUT2D eigenvalue weighted by Gasteiger charge is 2.39. The first-order valence-corrected chi connectivity index (χ1v) is 13.9. The molecule has 0 saturated heterocycles. The maximum atomic E-state index is 12.7. The van der Waals surface area contributed by atoms with Gasteiger partial charge in [-0.15, -0.1) is 0 Å². The average Bonchev–Trinajstić information content (AvgIpc) is 3.00. The molecule has 0 spiro atoms. The predicted molar refractivity (Wildman–Crippen MR) is 122 cm³/mol. The minimum absolute atomic E-state index is 0.0669. The van der Waals surface area contributed by atoms with E-state index < -0.39 is 14.3 Å². The van der Waals surface area contributed by atoms with Crippen molar-refractivity contribution in [2.45, 2.75) is 64.6 Å². The Morgan fingerprint density at radius 3 is 2.45 bits per heavy atom. The number of ether oxygens (including phenoxy) is 1. The summed E-state index contributed by atoms with van der Waals surface area (Å²) >= 11 is 3.51. The van der Waals surface area contributed by atoms with E-state index in [1.165, 1.54) is 6.07 Å². The maximum absolute atomic E-state index is 12.7. The van der Waals surface area contributed by atoms with Crippen LogP contribution in [-0.2, 0) is 22.3 Å². The first-order chi connectivity index (χ1) is 13.5. The molecule has 29 heavy (non-hydrogen) atoms. The Bertz CT molecular complexity index is 799. The van der Waals surface area contributed by atoms with Gasteiger partial charge in [-0.3, -0.25) is 0 Å². The summed E-state index contributed by atoms with van der Waals surface area (Å²) in [7, 11) is -1.97. The van der Waals surface area contributed by atoms with Gasteiger partial charge >= 0.3 is 5.97 Å². The largest absolute Gasteiger partial charge is 0.505 e. The molecule has 2 aromatic rings. The van der Waals surface area contributed by atoms with Crippen molar-refractivity contribution in [1.29, 1.82) is 0 Å². The monoisotopic (exact) mass is 481 g/mol. The molecule has 1 unspecified atom stereocenters. The van der Waals surface area contributed by atoms with Crippen molar-refractivity contribution in [3.63, 3.8) is 0 Å². The van der Waals surface area contributed by atoms with Gasteiger partial charge in [0.1, 0.15) is 12.4 Å². The Morgan fingerprint density at radius 1 is 1.21 bits per heavy atom. The van der Waals surface area contributed by atoms with Crippen molar-refractivity contribution in [1.82, 2.24) is 4.57 Å². The fourth-order valence-electron chi connectivity index (χ4n) is 2.75. The molecule has 0 fully saturated rings. The smallest absolute Gasteiger partial charge is 0.359 e. The molecule has 7 heteroatoms. The van der Waals surface area contributed by atoms with Crippen LogP contribution in [0.3, 0.4) is 0 Å². The van der Waals surface area contributed by atoms with Crippen molar-refractivity contribution in [2.75, 3.05) is 5.33 Å². The molecule has 0 amide bonds. The lowest BCUT2D eigenvalue weighted by molar-refractivity contribution is 0.0452. The van der Waals surface area contributed by atoms with Gasteiger partial charge in [0.05, 0.1) is 6.10 Å². The van der Waals surface area contributed by atoms with Gasteiger partial charge in [0.2, 0.25) is 0 Å². The number of carbonyl (C=O) groups is 1. The fraction of sp³-hybridized carbons (Fsp3) is 0.500. The summed E-state index contributed by atoms with van der Waals surface area (Å²) in [5.74, 6) is -0.616. The standard InChI is InChI=1S/C22H32BrNO4Si/c1-22(2,3)29(4,5)28-18(11-13-23)15-24-14-12-19(25)20(24)21(26)27-16-17-9-7-6-8-10-17/h6-10,12,14,18,25H,11,13,15-16H2,1-5H3. The van der Waals surface area contributed by atoms with Crippen LogP contribution in [0.2, 0.25) is 18.1 Å². The Balaban J connectivity index is 2.14. The highest BCUT2D eigenvalue weighted by molar-refractivity contribution is 9.09. The van der Waals surface area contributed by atoms with Gasteiger partial charge in [-0.05, 0) is 36.2 Å². The second-order valence-electron chi connectivity index (χ2n) is 8.74. The van der Waals surface area contributed by atoms with Gasteiger partial charge in [0.15, 0.2) is 14.0 Å². The Labute approximate surface area is 183 Å². The number of esters is 1. The van der Waals surface area contributed by atoms with E-state index in [1.54, 1.807) is 10.8 Å². The van der Waals surface area contributed by atoms with Crippen LogP contribution in [-0.4, -0.2) is 35.4 Å². The Morgan fingerprint density at radius 2 is 1.86 bits per heavy atom. The lowest BCUT2D eigenvalue weighted by Gasteiger charge is -2.39. The minimum Gasteiger partial charge on any atom is -0.505 e. The molecule has 1 aromatic heterocycles. The van der Waals surface area contributed by atoms with Crippen molar-refractivity contribution in [3.05, 3.63) is 53.9 Å². The van der Waals surface area contributed by atoms with Crippen LogP contribution >= 0.6 is 15.9 Å². The highest BCUT2D eigenvalue weighted by Crippen LogP contribution is 2.38. The highest BCUT2D eigenvalue weighted by atomic mass is 79.9. The second-order valence-corrected chi connectivity index (χ2v) is 14.3. The normalized spacial score (nSPS) is 13.3. The third kappa shape index (κ3) is 6.45. The number of carbonyl (C=O) groups excluding carboxylic acids is 1. The van der Waals surface area contributed by atoms with Gasteiger partial charge in [0, 0.05) is 18.1 Å². The molecule has 1 heterocycles. The van der Waals surface area contributed by atoms with Crippen molar-refractivity contribution in [3.8, 4) is 5.75 Å². The Kier molecular flexibility index (Phi) is 8.14. The molecule has 0 radical (unpaired) electrons. The summed E-state index contributed by atoms with van der Waals surface area (Å²) in [5.41, 5.74) is 1.07. The maximum Gasteiger partial charge on any atom is 0.359 e. The SMILES string of the molecule is CC(C)(C)[Si](C)(C)OC(CCBr)Cn1ccc(O)c1C(=O)OCc1ccccc1. The number of halogens is 1. The summed E-state index contributed by atoms with van der Waals surface area (Å²) in [5, 5.41) is 11.1. The molecule has 0 aliphatic carbocycles. The number of aromatic hydroxyl groups is 1. The molecule has 0 aliphatic rings. The zero-order valence-electron chi connectivity index (χ0n) is 17.9. The average molecular weight is 482 g/mol. The van der Waals surface area contributed by atoms with Crippen molar-refractivity contribution < 1.29 is 19.1 Å². The zero-order chi connectivity index (χ0) is 21.7. The van der Waals surface area contributed by atoms with Crippen LogP contribution in [0.4, 0.5) is 0 Å². The number of benzene rings is 1. The Hall–Kier alpha value is -1.57. The number of hydrogen-bond acceptors (Lipinski definition) is 4. The summed E-state index contributed by atoms with van der Waals surface area (Å²) in [6.45, 7) is 11.7. The first kappa shape index (κ1) is 23.7. The fourth-order valence-corrected chi connectivity index (χ4v) is 4.64. The predicted octanol–water partition coefficient (Wildman–Crippen LogP) is 5.73. The molecule has 1 atom stereocenters. The molecule has 0 saturated carbocycles. The third-order valence-electron chi connectivity index (χ3n) is 5.45. The third-order valence-corrected chi connectivity index (χ3v) is 10.4. The molecular weight excluding hydrogens is 450 g/mol. The quantitative estimate of drug-likeness (QED) is 0.282. The topological polar surface area (TPSA) is 60.7 Å². The lowest BCUT2D eigenvalue weighted by atomic mass is 10.2. The summed E-state index contributed by atoms with van der Waals surface area (Å²) in [4.78, 5) is 12.7. The van der Waals surface area contributed by atoms with Crippen LogP contribution in [0.25, 0.3) is 0 Å². The number of alkyl halides is 1. The van der Waals surface area contributed by atoms with E-state index in [-0.39, 0.29) is 29.2 Å². The van der Waals surface area contributed by atoms with Gasteiger partial charge in [0.25, 0.3) is 0 Å². The molecule has 1 N–H and O–H groups in total. The van der Waals surface area contributed by atoms with Crippen LogP contribution in [0.15, 0.2) is 42.6 Å². The van der Waals surface area contributed by atoms with Gasteiger partial charge in [-0.25, -0.2) is 4.79 Å². The number of nitrogens with zero attached hydrogens (tertiary/aromatic N) is 1. The molecule has 2 rings (SSSR count). The van der Waals surface area contributed by atoms with E-state index in [1.807, 2.05) is 30.3 Å². The summed E-state index contributed by atoms with van der Waals surface area (Å²) < 4.78 is 13.7. The first-order valence-electron chi connectivity index (χ1n) is 9.88. The lowest BCUT2D eigenvalue weighted by Crippen LogP contribution is -2.45. The molecule has 0 aliphatic heterocycles. The van der Waals surface area contributed by atoms with Crippen LogP contribution in [0, 0.1) is 0 Å². The van der Waals surface area contributed by atoms with E-state index in [0.717, 1.165) is 17.3 Å². The van der Waals surface area contributed by atoms with E-state index in [4.69, 9.17) is 9.16 Å². The van der Waals surface area contributed by atoms with Gasteiger partial charge in [-0.1, -0.05) is 67.0 Å². The molecule has 5 nitrogen and oxygen atoms in total. The van der Waals surface area contributed by atoms with E-state index in [0.29, 0.717) is 6.54 Å². The van der Waals surface area contributed by atoms with Crippen molar-refractivity contribution in [2.24, 2.45) is 0 Å². The molecule has 160 valence electrons. The molecule has 0 bridgehead atoms. The van der Waals surface area contributed by atoms with E-state index in [2.05, 4.69) is 49.8 Å². The van der Waals surface area contributed by atoms with Gasteiger partial charge < -0.3 is 18.8 Å². The number of rotatable bonds is 9. The van der Waals surface area contributed by atoms with Crippen molar-refractivity contribution >= 4 is 30.2 Å². The van der Waals surface area contributed by atoms with E-state index in [9.17, 15) is 9.90 Å². The minimum atomic E-state index is -1.97. The molecule has 1 aromatic carbocycles. The van der Waals surface area contributed by atoms with Crippen LogP contribution in [0.1, 0.15) is 43.2 Å². The summed E-state index contributed by atoms with van der Waals surface area (Å²) in [6.07, 6.45) is 2.46. The zero-order valence-corrected chi connectivity index (χ0v) is 20.5. The molecular formula is C22H32BrNO4Si. The van der Waals surface area contributed by atoms with E-state index >= 15 is 0 Å². The van der Waals surface area contributed by atoms with Crippen LogP contribution in [0.5, 0.6) is 5.75 Å². The number of aromatic nitrogens is 1. The number of hydrogen-bond donors (Lipinski definition) is 1. The van der Waals surface area contributed by atoms with Gasteiger partial charge in [-0.2, -0.15) is 0 Å². The summed E-state index contributed by atoms with van der Waals surface area (Å²) in [6, 6.07) is 11.0. The second kappa shape index (κ2) is 9.96. The van der Waals surface area contributed by atoms with Crippen LogP contribution < -0.4 is 0 Å².